The average Bonchev–Trinajstić information content (AvgIpc) is 3.04. The summed E-state index contributed by atoms with van der Waals surface area (Å²) in [5, 5.41) is 0. The molecule has 0 bridgehead atoms. The third kappa shape index (κ3) is 3.27. The average molecular weight is 379 g/mol. The highest BCUT2D eigenvalue weighted by Crippen LogP contribution is 2.43. The zero-order chi connectivity index (χ0) is 19.8. The van der Waals surface area contributed by atoms with Gasteiger partial charge in [-0.2, -0.15) is 0 Å². The Balaban J connectivity index is 1.51. The van der Waals surface area contributed by atoms with E-state index >= 15 is 0 Å². The number of nitrogens with zero attached hydrogens (tertiary/aromatic N) is 1. The highest BCUT2D eigenvalue weighted by Gasteiger charge is 2.34. The first-order valence-electron chi connectivity index (χ1n) is 9.52. The van der Waals surface area contributed by atoms with Crippen LogP contribution in [0.3, 0.4) is 0 Å². The van der Waals surface area contributed by atoms with Crippen LogP contribution >= 0.6 is 0 Å². The minimum absolute atomic E-state index is 0.0312. The molecule has 146 valence electrons. The van der Waals surface area contributed by atoms with Gasteiger partial charge in [-0.05, 0) is 56.5 Å². The fourth-order valence-electron chi connectivity index (χ4n) is 3.74. The lowest BCUT2D eigenvalue weighted by atomic mass is 9.99. The Morgan fingerprint density at radius 1 is 1.18 bits per heavy atom. The third-order valence-electron chi connectivity index (χ3n) is 5.31. The molecule has 0 unspecified atom stereocenters. The van der Waals surface area contributed by atoms with Gasteiger partial charge in [-0.3, -0.25) is 9.69 Å². The fourth-order valence-corrected chi connectivity index (χ4v) is 3.74. The Kier molecular flexibility index (Phi) is 4.85. The van der Waals surface area contributed by atoms with E-state index in [1.807, 2.05) is 39.0 Å². The zero-order valence-electron chi connectivity index (χ0n) is 16.8. The smallest absolute Gasteiger partial charge is 0.231 e. The molecule has 0 saturated heterocycles. The summed E-state index contributed by atoms with van der Waals surface area (Å²) >= 11 is 0. The highest BCUT2D eigenvalue weighted by molar-refractivity contribution is 6.13. The topological polar surface area (TPSA) is 48.0 Å². The molecule has 2 aliphatic heterocycles. The van der Waals surface area contributed by atoms with Crippen LogP contribution in [0.25, 0.3) is 0 Å². The molecule has 2 heterocycles. The standard InChI is InChI=1S/C23H25NO4/c1-14(2)21-20(25)19-11-17-12-24(13-27-22(17)15(3)23(19)28-21)10-9-16-5-7-18(26-4)8-6-16/h5-8,11H,9-10,12-13H2,1-4H3. The molecule has 5 nitrogen and oxygen atoms in total. The first kappa shape index (κ1) is 18.6. The number of rotatable bonds is 4. The zero-order valence-corrected chi connectivity index (χ0v) is 16.8. The quantitative estimate of drug-likeness (QED) is 0.743. The molecule has 0 amide bonds. The van der Waals surface area contributed by atoms with Gasteiger partial charge in [0.25, 0.3) is 0 Å². The molecule has 2 aliphatic rings. The molecular formula is C23H25NO4. The van der Waals surface area contributed by atoms with E-state index in [1.54, 1.807) is 7.11 Å². The largest absolute Gasteiger partial charge is 0.497 e. The minimum atomic E-state index is -0.0312. The summed E-state index contributed by atoms with van der Waals surface area (Å²) < 4.78 is 17.1. The number of Topliss-reactive ketones (excluding diaryl/α,β-unsaturated/α-hetero) is 1. The number of hydrogen-bond acceptors (Lipinski definition) is 5. The van der Waals surface area contributed by atoms with Gasteiger partial charge in [0.05, 0.1) is 12.7 Å². The lowest BCUT2D eigenvalue weighted by Crippen LogP contribution is -2.34. The maximum absolute atomic E-state index is 12.7. The number of hydrogen-bond donors (Lipinski definition) is 0. The molecule has 0 fully saturated rings. The van der Waals surface area contributed by atoms with Crippen LogP contribution in [-0.2, 0) is 13.0 Å². The number of ketones is 1. The number of carbonyl (C=O) groups excluding carboxylic acids is 1. The lowest BCUT2D eigenvalue weighted by Gasteiger charge is -2.30. The Morgan fingerprint density at radius 3 is 2.61 bits per heavy atom. The van der Waals surface area contributed by atoms with Crippen LogP contribution in [-0.4, -0.2) is 31.1 Å². The van der Waals surface area contributed by atoms with Crippen molar-refractivity contribution in [1.82, 2.24) is 4.90 Å². The fraction of sp³-hybridized carbons (Fsp3) is 0.348. The summed E-state index contributed by atoms with van der Waals surface area (Å²) in [6.45, 7) is 7.93. The van der Waals surface area contributed by atoms with Gasteiger partial charge in [-0.1, -0.05) is 12.1 Å². The maximum Gasteiger partial charge on any atom is 0.231 e. The van der Waals surface area contributed by atoms with Crippen LogP contribution in [0.5, 0.6) is 17.2 Å². The van der Waals surface area contributed by atoms with Crippen molar-refractivity contribution in [3.63, 3.8) is 0 Å². The summed E-state index contributed by atoms with van der Waals surface area (Å²) in [6, 6.07) is 10.1. The van der Waals surface area contributed by atoms with E-state index in [9.17, 15) is 4.79 Å². The van der Waals surface area contributed by atoms with Crippen LogP contribution in [0, 0.1) is 6.92 Å². The third-order valence-corrected chi connectivity index (χ3v) is 5.31. The Hall–Kier alpha value is -2.79. The van der Waals surface area contributed by atoms with E-state index in [2.05, 4.69) is 17.0 Å². The van der Waals surface area contributed by atoms with Crippen LogP contribution in [0.4, 0.5) is 0 Å². The predicted molar refractivity (Wildman–Crippen MR) is 107 cm³/mol. The van der Waals surface area contributed by atoms with Gasteiger partial charge in [-0.15, -0.1) is 0 Å². The number of allylic oxidation sites excluding steroid dienone is 2. The second-order valence-electron chi connectivity index (χ2n) is 7.55. The van der Waals surface area contributed by atoms with Gasteiger partial charge in [-0.25, -0.2) is 0 Å². The van der Waals surface area contributed by atoms with Crippen molar-refractivity contribution in [2.24, 2.45) is 0 Å². The maximum atomic E-state index is 12.7. The molecule has 0 atom stereocenters. The first-order valence-corrected chi connectivity index (χ1v) is 9.52. The van der Waals surface area contributed by atoms with Gasteiger partial charge < -0.3 is 14.2 Å². The lowest BCUT2D eigenvalue weighted by molar-refractivity contribution is 0.0954. The van der Waals surface area contributed by atoms with Crippen molar-refractivity contribution in [2.45, 2.75) is 33.7 Å². The monoisotopic (exact) mass is 379 g/mol. The molecule has 5 heteroatoms. The van der Waals surface area contributed by atoms with Crippen LogP contribution in [0.1, 0.15) is 40.9 Å². The second kappa shape index (κ2) is 7.32. The molecule has 2 aromatic carbocycles. The molecular weight excluding hydrogens is 354 g/mol. The Labute approximate surface area is 165 Å². The van der Waals surface area contributed by atoms with E-state index in [0.717, 1.165) is 47.7 Å². The van der Waals surface area contributed by atoms with Gasteiger partial charge in [0, 0.05) is 24.2 Å². The second-order valence-corrected chi connectivity index (χ2v) is 7.55. The Bertz CT molecular complexity index is 956. The molecule has 0 radical (unpaired) electrons. The predicted octanol–water partition coefficient (Wildman–Crippen LogP) is 4.27. The summed E-state index contributed by atoms with van der Waals surface area (Å²) in [4.78, 5) is 14.9. The van der Waals surface area contributed by atoms with Crippen molar-refractivity contribution >= 4 is 5.78 Å². The summed E-state index contributed by atoms with van der Waals surface area (Å²) in [7, 11) is 1.67. The van der Waals surface area contributed by atoms with Crippen molar-refractivity contribution in [3.05, 3.63) is 63.9 Å². The van der Waals surface area contributed by atoms with E-state index in [0.29, 0.717) is 23.8 Å². The van der Waals surface area contributed by atoms with Crippen molar-refractivity contribution in [1.29, 1.82) is 0 Å². The van der Waals surface area contributed by atoms with E-state index in [4.69, 9.17) is 14.2 Å². The van der Waals surface area contributed by atoms with Gasteiger partial charge in [0.15, 0.2) is 5.76 Å². The SMILES string of the molecule is COc1ccc(CCN2COc3c(cc4c(c3C)OC(=C(C)C)C4=O)C2)cc1. The molecule has 0 spiro atoms. The first-order chi connectivity index (χ1) is 13.5. The number of ether oxygens (including phenoxy) is 3. The van der Waals surface area contributed by atoms with Gasteiger partial charge in [0.2, 0.25) is 5.78 Å². The van der Waals surface area contributed by atoms with E-state index in [1.165, 1.54) is 5.56 Å². The number of methoxy groups -OCH3 is 1. The molecule has 4 rings (SSSR count). The molecule has 0 aromatic heterocycles. The molecule has 0 aliphatic carbocycles. The summed E-state index contributed by atoms with van der Waals surface area (Å²) in [5.74, 6) is 2.77. The summed E-state index contributed by atoms with van der Waals surface area (Å²) in [5.41, 5.74) is 4.75. The van der Waals surface area contributed by atoms with Crippen LogP contribution < -0.4 is 14.2 Å². The summed E-state index contributed by atoms with van der Waals surface area (Å²) in [6.07, 6.45) is 0.927. The number of benzene rings is 2. The van der Waals surface area contributed by atoms with Gasteiger partial charge in [0.1, 0.15) is 24.0 Å². The van der Waals surface area contributed by atoms with Crippen molar-refractivity contribution in [2.75, 3.05) is 20.4 Å². The molecule has 0 saturated carbocycles. The minimum Gasteiger partial charge on any atom is -0.497 e. The normalized spacial score (nSPS) is 15.6. The number of fused-ring (bicyclic) bond motifs is 2. The molecule has 2 aromatic rings. The molecule has 28 heavy (non-hydrogen) atoms. The van der Waals surface area contributed by atoms with Crippen LogP contribution in [0.2, 0.25) is 0 Å². The van der Waals surface area contributed by atoms with Crippen molar-refractivity contribution < 1.29 is 19.0 Å². The molecule has 0 N–H and O–H groups in total. The van der Waals surface area contributed by atoms with Crippen LogP contribution in [0.15, 0.2) is 41.7 Å². The van der Waals surface area contributed by atoms with Crippen molar-refractivity contribution in [3.8, 4) is 17.2 Å². The Morgan fingerprint density at radius 2 is 1.93 bits per heavy atom. The van der Waals surface area contributed by atoms with Gasteiger partial charge >= 0.3 is 0 Å². The number of carbonyl (C=O) groups is 1. The van der Waals surface area contributed by atoms with E-state index < -0.39 is 0 Å². The van der Waals surface area contributed by atoms with E-state index in [-0.39, 0.29) is 5.78 Å². The highest BCUT2D eigenvalue weighted by atomic mass is 16.5.